The van der Waals surface area contributed by atoms with Gasteiger partial charge in [-0.2, -0.15) is 0 Å². The maximum Gasteiger partial charge on any atom is 0.253 e. The fourth-order valence-electron chi connectivity index (χ4n) is 1.24. The maximum absolute atomic E-state index is 11.8. The average molecular weight is 217 g/mol. The van der Waals surface area contributed by atoms with Crippen molar-refractivity contribution in [2.24, 2.45) is 0 Å². The monoisotopic (exact) mass is 217 g/mol. The Morgan fingerprint density at radius 1 is 1.50 bits per heavy atom. The molecule has 0 unspecified atom stereocenters. The van der Waals surface area contributed by atoms with Gasteiger partial charge in [-0.15, -0.1) is 0 Å². The average Bonchev–Trinajstić information content (AvgIpc) is 2.34. The van der Waals surface area contributed by atoms with Crippen molar-refractivity contribution in [3.63, 3.8) is 0 Å². The van der Waals surface area contributed by atoms with Crippen molar-refractivity contribution in [3.05, 3.63) is 35.4 Å². The van der Waals surface area contributed by atoms with E-state index in [9.17, 15) is 4.79 Å². The van der Waals surface area contributed by atoms with E-state index in [4.69, 9.17) is 5.11 Å². The van der Waals surface area contributed by atoms with Crippen molar-refractivity contribution >= 4 is 5.91 Å². The van der Waals surface area contributed by atoms with Crippen molar-refractivity contribution in [2.45, 2.75) is 6.92 Å². The Bertz CT molecular complexity index is 429. The number of hydrogen-bond acceptors (Lipinski definition) is 2. The zero-order valence-corrected chi connectivity index (χ0v) is 9.53. The van der Waals surface area contributed by atoms with Gasteiger partial charge in [0.25, 0.3) is 5.91 Å². The van der Waals surface area contributed by atoms with Gasteiger partial charge in [0.05, 0.1) is 0 Å². The summed E-state index contributed by atoms with van der Waals surface area (Å²) >= 11 is 0. The lowest BCUT2D eigenvalue weighted by Crippen LogP contribution is -2.26. The molecule has 1 amide bonds. The molecule has 3 heteroatoms. The number of nitrogens with zero attached hydrogens (tertiary/aromatic N) is 1. The first-order valence-electron chi connectivity index (χ1n) is 5.14. The summed E-state index contributed by atoms with van der Waals surface area (Å²) in [5, 5.41) is 8.58. The van der Waals surface area contributed by atoms with Crippen LogP contribution in [0.3, 0.4) is 0 Å². The van der Waals surface area contributed by atoms with E-state index in [1.165, 1.54) is 0 Å². The van der Waals surface area contributed by atoms with Crippen molar-refractivity contribution in [2.75, 3.05) is 20.2 Å². The Hall–Kier alpha value is -1.79. The highest BCUT2D eigenvalue weighted by Crippen LogP contribution is 2.06. The molecule has 1 aromatic carbocycles. The van der Waals surface area contributed by atoms with Gasteiger partial charge in [0, 0.05) is 24.7 Å². The van der Waals surface area contributed by atoms with E-state index in [0.717, 1.165) is 5.56 Å². The first-order chi connectivity index (χ1) is 7.69. The van der Waals surface area contributed by atoms with Crippen molar-refractivity contribution in [1.29, 1.82) is 0 Å². The summed E-state index contributed by atoms with van der Waals surface area (Å²) in [5.41, 5.74) is 1.36. The minimum absolute atomic E-state index is 0.0184. The van der Waals surface area contributed by atoms with Crippen LogP contribution < -0.4 is 0 Å². The molecule has 0 bridgehead atoms. The van der Waals surface area contributed by atoms with E-state index < -0.39 is 0 Å². The van der Waals surface area contributed by atoms with Crippen LogP contribution in [0.15, 0.2) is 24.3 Å². The van der Waals surface area contributed by atoms with Crippen LogP contribution in [0.4, 0.5) is 0 Å². The highest BCUT2D eigenvalue weighted by atomic mass is 16.2. The number of amides is 1. The smallest absolute Gasteiger partial charge is 0.253 e. The van der Waals surface area contributed by atoms with Crippen LogP contribution in [-0.4, -0.2) is 36.1 Å². The number of hydrogen-bond donors (Lipinski definition) is 1. The zero-order chi connectivity index (χ0) is 12.0. The summed E-state index contributed by atoms with van der Waals surface area (Å²) in [6, 6.07) is 7.10. The van der Waals surface area contributed by atoms with Crippen LogP contribution in [0.25, 0.3) is 0 Å². The number of carbonyl (C=O) groups is 1. The zero-order valence-electron chi connectivity index (χ0n) is 9.53. The third-order valence-electron chi connectivity index (χ3n) is 2.24. The summed E-state index contributed by atoms with van der Waals surface area (Å²) in [5.74, 6) is 5.31. The lowest BCUT2D eigenvalue weighted by Gasteiger charge is -2.14. The Kier molecular flexibility index (Phi) is 4.56. The molecule has 1 rings (SSSR count). The van der Waals surface area contributed by atoms with E-state index in [0.29, 0.717) is 12.1 Å². The fourth-order valence-corrected chi connectivity index (χ4v) is 1.24. The molecular weight excluding hydrogens is 202 g/mol. The van der Waals surface area contributed by atoms with E-state index in [1.807, 2.05) is 13.0 Å². The van der Waals surface area contributed by atoms with E-state index >= 15 is 0 Å². The van der Waals surface area contributed by atoms with Crippen LogP contribution in [0.5, 0.6) is 0 Å². The van der Waals surface area contributed by atoms with Gasteiger partial charge in [0.15, 0.2) is 0 Å². The highest BCUT2D eigenvalue weighted by Gasteiger charge is 2.09. The molecule has 0 radical (unpaired) electrons. The minimum atomic E-state index is -0.174. The Balaban J connectivity index is 2.94. The highest BCUT2D eigenvalue weighted by molar-refractivity contribution is 5.94. The van der Waals surface area contributed by atoms with Crippen LogP contribution in [0, 0.1) is 11.8 Å². The van der Waals surface area contributed by atoms with Gasteiger partial charge >= 0.3 is 0 Å². The number of aliphatic hydroxyl groups is 1. The molecule has 0 aliphatic rings. The molecule has 0 saturated carbocycles. The first kappa shape index (κ1) is 12.3. The molecule has 0 saturated heterocycles. The molecule has 16 heavy (non-hydrogen) atoms. The van der Waals surface area contributed by atoms with Crippen LogP contribution >= 0.6 is 0 Å². The second-order valence-corrected chi connectivity index (χ2v) is 3.36. The summed E-state index contributed by atoms with van der Waals surface area (Å²) in [7, 11) is 1.76. The molecule has 0 heterocycles. The van der Waals surface area contributed by atoms with E-state index in [2.05, 4.69) is 11.8 Å². The molecule has 3 nitrogen and oxygen atoms in total. The molecular formula is C13H15NO2. The quantitative estimate of drug-likeness (QED) is 0.754. The van der Waals surface area contributed by atoms with Crippen molar-refractivity contribution in [3.8, 4) is 11.8 Å². The summed E-state index contributed by atoms with van der Waals surface area (Å²) in [6.07, 6.45) is 0. The number of rotatable bonds is 2. The van der Waals surface area contributed by atoms with Gasteiger partial charge in [0.2, 0.25) is 0 Å². The minimum Gasteiger partial charge on any atom is -0.384 e. The van der Waals surface area contributed by atoms with Crippen LogP contribution in [0.1, 0.15) is 22.8 Å². The summed E-state index contributed by atoms with van der Waals surface area (Å²) in [4.78, 5) is 13.5. The molecule has 1 aromatic rings. The molecule has 0 aliphatic carbocycles. The lowest BCUT2D eigenvalue weighted by atomic mass is 10.1. The fraction of sp³-hybridized carbons (Fsp3) is 0.308. The van der Waals surface area contributed by atoms with Gasteiger partial charge in [-0.25, -0.2) is 0 Å². The normalized spacial score (nSPS) is 9.19. The second kappa shape index (κ2) is 5.94. The molecule has 84 valence electrons. The Labute approximate surface area is 95.7 Å². The first-order valence-corrected chi connectivity index (χ1v) is 5.14. The summed E-state index contributed by atoms with van der Waals surface area (Å²) < 4.78 is 0. The molecule has 0 fully saturated rings. The maximum atomic E-state index is 11.8. The number of benzene rings is 1. The number of carbonyl (C=O) groups excluding carboxylic acids is 1. The Morgan fingerprint density at radius 2 is 2.25 bits per heavy atom. The van der Waals surface area contributed by atoms with Crippen LogP contribution in [0.2, 0.25) is 0 Å². The van der Waals surface area contributed by atoms with Gasteiger partial charge in [-0.05, 0) is 25.1 Å². The SMILES string of the molecule is CCN(C)C(=O)c1cccc(C#CCO)c1. The molecule has 0 aliphatic heterocycles. The Morgan fingerprint density at radius 3 is 2.88 bits per heavy atom. The largest absolute Gasteiger partial charge is 0.384 e. The third-order valence-corrected chi connectivity index (χ3v) is 2.24. The van der Waals surface area contributed by atoms with Gasteiger partial charge in [0.1, 0.15) is 6.61 Å². The topological polar surface area (TPSA) is 40.5 Å². The summed E-state index contributed by atoms with van der Waals surface area (Å²) in [6.45, 7) is 2.42. The van der Waals surface area contributed by atoms with Gasteiger partial charge in [-0.3, -0.25) is 4.79 Å². The molecule has 1 N–H and O–H groups in total. The van der Waals surface area contributed by atoms with E-state index in [1.54, 1.807) is 30.1 Å². The standard InChI is InChI=1S/C13H15NO2/c1-3-14(2)13(16)12-8-4-6-11(10-12)7-5-9-15/h4,6,8,10,15H,3,9H2,1-2H3. The van der Waals surface area contributed by atoms with Crippen LogP contribution in [-0.2, 0) is 0 Å². The predicted molar refractivity (Wildman–Crippen MR) is 63.0 cm³/mol. The van der Waals surface area contributed by atoms with Crippen molar-refractivity contribution < 1.29 is 9.90 Å². The molecule has 0 spiro atoms. The third kappa shape index (κ3) is 3.11. The second-order valence-electron chi connectivity index (χ2n) is 3.36. The molecule has 0 aromatic heterocycles. The molecule has 0 atom stereocenters. The van der Waals surface area contributed by atoms with Crippen molar-refractivity contribution in [1.82, 2.24) is 4.90 Å². The predicted octanol–water partition coefficient (Wildman–Crippen LogP) is 1.12. The van der Waals surface area contributed by atoms with E-state index in [-0.39, 0.29) is 12.5 Å². The van der Waals surface area contributed by atoms with Gasteiger partial charge < -0.3 is 10.0 Å². The lowest BCUT2D eigenvalue weighted by molar-refractivity contribution is 0.0802. The van der Waals surface area contributed by atoms with Gasteiger partial charge in [-0.1, -0.05) is 17.9 Å². The number of aliphatic hydroxyl groups excluding tert-OH is 1.